The zero-order valence-electron chi connectivity index (χ0n) is 17.1. The summed E-state index contributed by atoms with van der Waals surface area (Å²) in [5.74, 6) is -1.01. The Kier molecular flexibility index (Phi) is 6.61. The summed E-state index contributed by atoms with van der Waals surface area (Å²) in [5.41, 5.74) is 4.25. The SMILES string of the molecule is CC[C@@H](C(=O)O[C@H](C(=O)c1ccc(C)cc1)c1ccc(C)cc1)c1ccccc1. The molecule has 3 rings (SSSR count). The first kappa shape index (κ1) is 20.5. The van der Waals surface area contributed by atoms with Gasteiger partial charge in [0, 0.05) is 11.1 Å². The van der Waals surface area contributed by atoms with Crippen molar-refractivity contribution < 1.29 is 14.3 Å². The largest absolute Gasteiger partial charge is 0.449 e. The van der Waals surface area contributed by atoms with E-state index < -0.39 is 12.0 Å². The maximum absolute atomic E-state index is 13.2. The number of carbonyl (C=O) groups is 2. The van der Waals surface area contributed by atoms with Crippen LogP contribution in [-0.2, 0) is 9.53 Å². The second-order valence-electron chi connectivity index (χ2n) is 7.33. The number of benzene rings is 3. The summed E-state index contributed by atoms with van der Waals surface area (Å²) < 4.78 is 5.84. The van der Waals surface area contributed by atoms with E-state index in [0.717, 1.165) is 16.7 Å². The lowest BCUT2D eigenvalue weighted by molar-refractivity contribution is -0.149. The molecule has 0 fully saturated rings. The van der Waals surface area contributed by atoms with Crippen molar-refractivity contribution in [3.8, 4) is 0 Å². The van der Waals surface area contributed by atoms with Gasteiger partial charge in [-0.3, -0.25) is 9.59 Å². The molecule has 0 bridgehead atoms. The van der Waals surface area contributed by atoms with Crippen molar-refractivity contribution in [2.45, 2.75) is 39.2 Å². The third kappa shape index (κ3) is 5.00. The van der Waals surface area contributed by atoms with Crippen LogP contribution in [0.15, 0.2) is 78.9 Å². The fraction of sp³-hybridized carbons (Fsp3) is 0.231. The topological polar surface area (TPSA) is 43.4 Å². The molecule has 3 heteroatoms. The number of hydrogen-bond donors (Lipinski definition) is 0. The quantitative estimate of drug-likeness (QED) is 0.371. The lowest BCUT2D eigenvalue weighted by atomic mass is 9.95. The molecule has 148 valence electrons. The maximum atomic E-state index is 13.2. The predicted molar refractivity (Wildman–Crippen MR) is 115 cm³/mol. The monoisotopic (exact) mass is 386 g/mol. The van der Waals surface area contributed by atoms with Crippen molar-refractivity contribution in [3.05, 3.63) is 107 Å². The minimum Gasteiger partial charge on any atom is -0.449 e. The molecule has 0 aliphatic rings. The van der Waals surface area contributed by atoms with Crippen LogP contribution in [-0.4, -0.2) is 11.8 Å². The number of carbonyl (C=O) groups excluding carboxylic acids is 2. The zero-order chi connectivity index (χ0) is 20.8. The summed E-state index contributed by atoms with van der Waals surface area (Å²) in [6.07, 6.45) is -0.370. The average Bonchev–Trinajstić information content (AvgIpc) is 2.74. The van der Waals surface area contributed by atoms with E-state index in [9.17, 15) is 9.59 Å². The molecule has 3 aromatic rings. The molecule has 0 saturated carbocycles. The molecular formula is C26H26O3. The summed E-state index contributed by atoms with van der Waals surface area (Å²) in [6, 6.07) is 24.4. The standard InChI is InChI=1S/C26H26O3/c1-4-23(20-8-6-5-7-9-20)26(28)29-25(22-16-12-19(3)13-17-22)24(27)21-14-10-18(2)11-15-21/h5-17,23,25H,4H2,1-3H3/t23-,25+/m1/s1. The normalized spacial score (nSPS) is 12.8. The summed E-state index contributed by atoms with van der Waals surface area (Å²) in [6.45, 7) is 5.90. The van der Waals surface area contributed by atoms with Crippen LogP contribution in [0.2, 0.25) is 0 Å². The molecule has 0 heterocycles. The molecule has 0 amide bonds. The van der Waals surface area contributed by atoms with Crippen molar-refractivity contribution >= 4 is 11.8 Å². The summed E-state index contributed by atoms with van der Waals surface area (Å²) in [7, 11) is 0. The number of esters is 1. The Morgan fingerprint density at radius 3 is 1.86 bits per heavy atom. The van der Waals surface area contributed by atoms with Gasteiger partial charge < -0.3 is 4.74 Å². The molecule has 0 unspecified atom stereocenters. The Hall–Kier alpha value is -3.20. The van der Waals surface area contributed by atoms with E-state index in [2.05, 4.69) is 0 Å². The molecule has 0 aromatic heterocycles. The number of Topliss-reactive ketones (excluding diaryl/α,β-unsaturated/α-hetero) is 1. The Labute approximate surface area is 172 Å². The van der Waals surface area contributed by atoms with Crippen LogP contribution >= 0.6 is 0 Å². The van der Waals surface area contributed by atoms with Gasteiger partial charge in [-0.2, -0.15) is 0 Å². The van der Waals surface area contributed by atoms with E-state index in [-0.39, 0.29) is 11.8 Å². The van der Waals surface area contributed by atoms with Gasteiger partial charge in [0.15, 0.2) is 6.10 Å². The highest BCUT2D eigenvalue weighted by atomic mass is 16.5. The van der Waals surface area contributed by atoms with Crippen molar-refractivity contribution in [2.75, 3.05) is 0 Å². The second kappa shape index (κ2) is 9.33. The molecule has 0 spiro atoms. The molecule has 0 N–H and O–H groups in total. The molecule has 0 aliphatic carbocycles. The fourth-order valence-corrected chi connectivity index (χ4v) is 3.31. The van der Waals surface area contributed by atoms with Gasteiger partial charge >= 0.3 is 5.97 Å². The molecular weight excluding hydrogens is 360 g/mol. The van der Waals surface area contributed by atoms with Crippen LogP contribution in [0, 0.1) is 13.8 Å². The minimum absolute atomic E-state index is 0.217. The third-order valence-electron chi connectivity index (χ3n) is 5.08. The first-order valence-electron chi connectivity index (χ1n) is 9.92. The van der Waals surface area contributed by atoms with Crippen LogP contribution in [0.5, 0.6) is 0 Å². The van der Waals surface area contributed by atoms with Gasteiger partial charge in [0.1, 0.15) is 0 Å². The van der Waals surface area contributed by atoms with E-state index in [1.807, 2.05) is 87.5 Å². The van der Waals surface area contributed by atoms with Crippen molar-refractivity contribution in [1.82, 2.24) is 0 Å². The zero-order valence-corrected chi connectivity index (χ0v) is 17.1. The van der Waals surface area contributed by atoms with Gasteiger partial charge in [0.2, 0.25) is 5.78 Å². The second-order valence-corrected chi connectivity index (χ2v) is 7.33. The van der Waals surface area contributed by atoms with Crippen LogP contribution in [0.25, 0.3) is 0 Å². The number of ether oxygens (including phenoxy) is 1. The van der Waals surface area contributed by atoms with Gasteiger partial charge in [-0.15, -0.1) is 0 Å². The molecule has 2 atom stereocenters. The van der Waals surface area contributed by atoms with Crippen LogP contribution in [0.4, 0.5) is 0 Å². The summed E-state index contributed by atoms with van der Waals surface area (Å²) in [4.78, 5) is 26.3. The van der Waals surface area contributed by atoms with Crippen molar-refractivity contribution in [1.29, 1.82) is 0 Å². The molecule has 0 radical (unpaired) electrons. The number of hydrogen-bond acceptors (Lipinski definition) is 3. The average molecular weight is 386 g/mol. The smallest absolute Gasteiger partial charge is 0.314 e. The molecule has 0 aliphatic heterocycles. The lowest BCUT2D eigenvalue weighted by Gasteiger charge is -2.21. The maximum Gasteiger partial charge on any atom is 0.314 e. The Balaban J connectivity index is 1.92. The van der Waals surface area contributed by atoms with E-state index in [4.69, 9.17) is 4.74 Å². The van der Waals surface area contributed by atoms with E-state index >= 15 is 0 Å². The Bertz CT molecular complexity index is 957. The Morgan fingerprint density at radius 1 is 0.759 bits per heavy atom. The highest BCUT2D eigenvalue weighted by Crippen LogP contribution is 2.28. The predicted octanol–water partition coefficient (Wildman–Crippen LogP) is 5.96. The molecule has 0 saturated heterocycles. The molecule has 29 heavy (non-hydrogen) atoms. The lowest BCUT2D eigenvalue weighted by Crippen LogP contribution is -2.24. The third-order valence-corrected chi connectivity index (χ3v) is 5.08. The summed E-state index contributed by atoms with van der Waals surface area (Å²) >= 11 is 0. The van der Waals surface area contributed by atoms with Crippen molar-refractivity contribution in [2.24, 2.45) is 0 Å². The van der Waals surface area contributed by atoms with E-state index in [0.29, 0.717) is 17.5 Å². The van der Waals surface area contributed by atoms with Crippen LogP contribution in [0.1, 0.15) is 58.0 Å². The van der Waals surface area contributed by atoms with Crippen LogP contribution in [0.3, 0.4) is 0 Å². The van der Waals surface area contributed by atoms with Gasteiger partial charge in [0.25, 0.3) is 0 Å². The first-order valence-corrected chi connectivity index (χ1v) is 9.92. The minimum atomic E-state index is -0.969. The van der Waals surface area contributed by atoms with Gasteiger partial charge in [0.05, 0.1) is 5.92 Å². The van der Waals surface area contributed by atoms with Crippen molar-refractivity contribution in [3.63, 3.8) is 0 Å². The highest BCUT2D eigenvalue weighted by Gasteiger charge is 2.30. The first-order chi connectivity index (χ1) is 14.0. The van der Waals surface area contributed by atoms with E-state index in [1.165, 1.54) is 0 Å². The van der Waals surface area contributed by atoms with Gasteiger partial charge in [-0.05, 0) is 25.8 Å². The van der Waals surface area contributed by atoms with E-state index in [1.54, 1.807) is 12.1 Å². The fourth-order valence-electron chi connectivity index (χ4n) is 3.31. The van der Waals surface area contributed by atoms with Gasteiger partial charge in [-0.25, -0.2) is 0 Å². The number of aryl methyl sites for hydroxylation is 2. The summed E-state index contributed by atoms with van der Waals surface area (Å²) in [5, 5.41) is 0. The molecule has 3 nitrogen and oxygen atoms in total. The highest BCUT2D eigenvalue weighted by molar-refractivity contribution is 6.01. The number of rotatable bonds is 7. The van der Waals surface area contributed by atoms with Crippen LogP contribution < -0.4 is 0 Å². The number of ketones is 1. The van der Waals surface area contributed by atoms with Gasteiger partial charge in [-0.1, -0.05) is 96.9 Å². The Morgan fingerprint density at radius 2 is 1.31 bits per heavy atom. The molecule has 3 aromatic carbocycles.